The first kappa shape index (κ1) is 32.9. The summed E-state index contributed by atoms with van der Waals surface area (Å²) in [5.74, 6) is 0.869. The molecule has 1 N–H and O–H groups in total. The molecule has 268 valence electrons. The van der Waals surface area contributed by atoms with Gasteiger partial charge in [-0.3, -0.25) is 0 Å². The average molecular weight is 728 g/mol. The molecule has 0 spiro atoms. The van der Waals surface area contributed by atoms with Crippen LogP contribution in [0.2, 0.25) is 0 Å². The molecule has 3 nitrogen and oxygen atoms in total. The van der Waals surface area contributed by atoms with Crippen molar-refractivity contribution in [3.05, 3.63) is 229 Å². The number of aromatic nitrogens is 1. The highest BCUT2D eigenvalue weighted by Gasteiger charge is 2.22. The number of fused-ring (bicyclic) bond motifs is 5. The van der Waals surface area contributed by atoms with Gasteiger partial charge in [0.05, 0.1) is 22.8 Å². The average Bonchev–Trinajstić information content (AvgIpc) is 3.62. The summed E-state index contributed by atoms with van der Waals surface area (Å²) >= 11 is 0. The third-order valence-electron chi connectivity index (χ3n) is 11.4. The van der Waals surface area contributed by atoms with E-state index in [4.69, 9.17) is 4.99 Å². The van der Waals surface area contributed by atoms with Crippen LogP contribution in [0.1, 0.15) is 22.7 Å². The second kappa shape index (κ2) is 13.7. The second-order valence-electron chi connectivity index (χ2n) is 14.8. The summed E-state index contributed by atoms with van der Waals surface area (Å²) in [7, 11) is 0. The van der Waals surface area contributed by atoms with Crippen molar-refractivity contribution in [1.82, 2.24) is 9.88 Å². The van der Waals surface area contributed by atoms with Gasteiger partial charge in [0.25, 0.3) is 0 Å². The van der Waals surface area contributed by atoms with E-state index in [-0.39, 0.29) is 6.04 Å². The Bertz CT molecular complexity index is 3190. The number of hydrogen-bond acceptors (Lipinski definition) is 2. The van der Waals surface area contributed by atoms with Crippen LogP contribution in [0.25, 0.3) is 77.0 Å². The molecule has 57 heavy (non-hydrogen) atoms. The smallest absolute Gasteiger partial charge is 0.134 e. The molecule has 0 aliphatic carbocycles. The van der Waals surface area contributed by atoms with E-state index in [1.54, 1.807) is 0 Å². The molecule has 11 rings (SSSR count). The Labute approximate surface area is 331 Å². The predicted octanol–water partition coefficient (Wildman–Crippen LogP) is 13.6. The van der Waals surface area contributed by atoms with E-state index >= 15 is 0 Å². The third kappa shape index (κ3) is 5.80. The Morgan fingerprint density at radius 2 is 0.982 bits per heavy atom. The minimum absolute atomic E-state index is 0.0803. The van der Waals surface area contributed by atoms with E-state index < -0.39 is 0 Å². The lowest BCUT2D eigenvalue weighted by Gasteiger charge is -2.26. The predicted molar refractivity (Wildman–Crippen MR) is 240 cm³/mol. The van der Waals surface area contributed by atoms with E-state index in [0.29, 0.717) is 0 Å². The van der Waals surface area contributed by atoms with Gasteiger partial charge in [-0.1, -0.05) is 164 Å². The molecule has 1 aliphatic heterocycles. The fourth-order valence-electron chi connectivity index (χ4n) is 8.66. The standard InChI is InChI=1S/C54H37N3/c1-4-14-36(15-5-1)44-29-30-47(46-21-11-10-20-45(44)46)51-35-50(55-54(56-51)37-16-6-2-7-17-37)42-27-26-38-32-39(24-25-40(38)33-42)41-28-31-53-49(34-41)48-22-12-13-23-52(48)57(53)43-18-8-3-9-19-43/h1-35,51H,(H,55,56). The van der Waals surface area contributed by atoms with Crippen LogP contribution in [0, 0.1) is 0 Å². The zero-order valence-corrected chi connectivity index (χ0v) is 31.2. The summed E-state index contributed by atoms with van der Waals surface area (Å²) in [4.78, 5) is 5.26. The summed E-state index contributed by atoms with van der Waals surface area (Å²) < 4.78 is 2.37. The molecule has 1 unspecified atom stereocenters. The van der Waals surface area contributed by atoms with Crippen molar-refractivity contribution in [1.29, 1.82) is 0 Å². The molecule has 0 radical (unpaired) electrons. The molecule has 0 saturated heterocycles. The van der Waals surface area contributed by atoms with Crippen molar-refractivity contribution in [3.63, 3.8) is 0 Å². The number of benzene rings is 9. The van der Waals surface area contributed by atoms with Crippen LogP contribution in [-0.2, 0) is 0 Å². The Hall–Kier alpha value is -7.49. The highest BCUT2D eigenvalue weighted by Crippen LogP contribution is 2.38. The van der Waals surface area contributed by atoms with Gasteiger partial charge in [0.1, 0.15) is 5.84 Å². The number of aliphatic imine (C=N–C) groups is 1. The normalized spacial score (nSPS) is 14.1. The van der Waals surface area contributed by atoms with Gasteiger partial charge in [0.15, 0.2) is 0 Å². The third-order valence-corrected chi connectivity index (χ3v) is 11.4. The number of rotatable bonds is 6. The maximum absolute atomic E-state index is 5.26. The minimum atomic E-state index is -0.0803. The largest absolute Gasteiger partial charge is 0.359 e. The monoisotopic (exact) mass is 727 g/mol. The molecule has 9 aromatic carbocycles. The van der Waals surface area contributed by atoms with Gasteiger partial charge in [-0.15, -0.1) is 0 Å². The highest BCUT2D eigenvalue weighted by molar-refractivity contribution is 6.11. The number of nitrogens with one attached hydrogen (secondary N) is 1. The summed E-state index contributed by atoms with van der Waals surface area (Å²) in [6, 6.07) is 74.1. The van der Waals surface area contributed by atoms with Gasteiger partial charge in [-0.25, -0.2) is 4.99 Å². The molecule has 1 aromatic heterocycles. The van der Waals surface area contributed by atoms with Gasteiger partial charge in [0.2, 0.25) is 0 Å². The van der Waals surface area contributed by atoms with E-state index in [1.165, 1.54) is 76.9 Å². The number of nitrogens with zero attached hydrogens (tertiary/aromatic N) is 2. The maximum Gasteiger partial charge on any atom is 0.134 e. The molecule has 0 saturated carbocycles. The van der Waals surface area contributed by atoms with Crippen molar-refractivity contribution in [2.45, 2.75) is 6.04 Å². The zero-order chi connectivity index (χ0) is 37.7. The van der Waals surface area contributed by atoms with Gasteiger partial charge < -0.3 is 9.88 Å². The zero-order valence-electron chi connectivity index (χ0n) is 31.2. The van der Waals surface area contributed by atoms with E-state index in [1.807, 2.05) is 0 Å². The Morgan fingerprint density at radius 3 is 1.75 bits per heavy atom. The van der Waals surface area contributed by atoms with Crippen LogP contribution in [0.5, 0.6) is 0 Å². The van der Waals surface area contributed by atoms with Crippen molar-refractivity contribution in [3.8, 4) is 27.9 Å². The summed E-state index contributed by atoms with van der Waals surface area (Å²) in [6.45, 7) is 0. The molecule has 0 amide bonds. The maximum atomic E-state index is 5.26. The lowest BCUT2D eigenvalue weighted by atomic mass is 9.90. The Morgan fingerprint density at radius 1 is 0.404 bits per heavy atom. The SMILES string of the molecule is C1=C(c2ccc3cc(-c4ccc5c(c4)c4ccccc4n5-c4ccccc4)ccc3c2)N=C(c2ccccc2)NC1c1ccc(-c2ccccc2)c2ccccc12. The van der Waals surface area contributed by atoms with Gasteiger partial charge in [-0.05, 0) is 97.9 Å². The topological polar surface area (TPSA) is 29.3 Å². The van der Waals surface area contributed by atoms with Gasteiger partial charge in [-0.2, -0.15) is 0 Å². The first-order valence-electron chi connectivity index (χ1n) is 19.6. The molecule has 1 atom stereocenters. The summed E-state index contributed by atoms with van der Waals surface area (Å²) in [5.41, 5.74) is 12.8. The molecule has 0 fully saturated rings. The van der Waals surface area contributed by atoms with Crippen molar-refractivity contribution >= 4 is 54.9 Å². The lowest BCUT2D eigenvalue weighted by Crippen LogP contribution is -2.31. The summed E-state index contributed by atoms with van der Waals surface area (Å²) in [5, 5.41) is 11.2. The van der Waals surface area contributed by atoms with Crippen molar-refractivity contribution in [2.24, 2.45) is 4.99 Å². The molecular weight excluding hydrogens is 691 g/mol. The fraction of sp³-hybridized carbons (Fsp3) is 0.0185. The van der Waals surface area contributed by atoms with Crippen LogP contribution >= 0.6 is 0 Å². The van der Waals surface area contributed by atoms with Gasteiger partial charge in [0, 0.05) is 27.6 Å². The van der Waals surface area contributed by atoms with Crippen molar-refractivity contribution < 1.29 is 0 Å². The van der Waals surface area contributed by atoms with Crippen LogP contribution in [0.4, 0.5) is 0 Å². The molecule has 1 aliphatic rings. The van der Waals surface area contributed by atoms with Crippen LogP contribution in [0.15, 0.2) is 217 Å². The van der Waals surface area contributed by atoms with Crippen molar-refractivity contribution in [2.75, 3.05) is 0 Å². The molecular formula is C54H37N3. The van der Waals surface area contributed by atoms with E-state index in [2.05, 4.69) is 222 Å². The fourth-order valence-corrected chi connectivity index (χ4v) is 8.66. The lowest BCUT2D eigenvalue weighted by molar-refractivity contribution is 0.787. The number of amidine groups is 1. The summed E-state index contributed by atoms with van der Waals surface area (Å²) in [6.07, 6.45) is 2.28. The van der Waals surface area contributed by atoms with Crippen LogP contribution < -0.4 is 5.32 Å². The van der Waals surface area contributed by atoms with E-state index in [9.17, 15) is 0 Å². The van der Waals surface area contributed by atoms with Crippen LogP contribution in [0.3, 0.4) is 0 Å². The molecule has 3 heteroatoms. The molecule has 10 aromatic rings. The Kier molecular flexibility index (Phi) is 7.89. The number of para-hydroxylation sites is 2. The second-order valence-corrected chi connectivity index (χ2v) is 14.8. The first-order chi connectivity index (χ1) is 28.2. The number of hydrogen-bond donors (Lipinski definition) is 1. The Balaban J connectivity index is 0.986. The van der Waals surface area contributed by atoms with E-state index in [0.717, 1.165) is 22.7 Å². The quantitative estimate of drug-likeness (QED) is 0.182. The van der Waals surface area contributed by atoms with Crippen LogP contribution in [-0.4, -0.2) is 10.4 Å². The highest BCUT2D eigenvalue weighted by atomic mass is 15.0. The molecule has 2 heterocycles. The first-order valence-corrected chi connectivity index (χ1v) is 19.6. The molecule has 0 bridgehead atoms. The van der Waals surface area contributed by atoms with Gasteiger partial charge >= 0.3 is 0 Å². The minimum Gasteiger partial charge on any atom is -0.359 e.